The average molecular weight is 332 g/mol. The van der Waals surface area contributed by atoms with Gasteiger partial charge in [0.25, 0.3) is 11.6 Å². The molecule has 0 saturated heterocycles. The number of methoxy groups -OCH3 is 1. The van der Waals surface area contributed by atoms with Crippen molar-refractivity contribution in [2.75, 3.05) is 14.2 Å². The number of carbonyl (C=O) groups is 1. The number of hydrogen-bond acceptors (Lipinski definition) is 5. The molecule has 0 radical (unpaired) electrons. The topological polar surface area (TPSA) is 81.5 Å². The molecule has 0 aliphatic rings. The van der Waals surface area contributed by atoms with Gasteiger partial charge >= 0.3 is 0 Å². The minimum absolute atomic E-state index is 0.0778. The monoisotopic (exact) mass is 332 g/mol. The van der Waals surface area contributed by atoms with E-state index in [1.807, 2.05) is 24.3 Å². The molecule has 0 saturated carbocycles. The van der Waals surface area contributed by atoms with E-state index in [2.05, 4.69) is 5.32 Å². The number of rotatable bonds is 6. The van der Waals surface area contributed by atoms with Crippen LogP contribution in [0.1, 0.15) is 15.9 Å². The molecule has 0 spiro atoms. The molecule has 0 aromatic heterocycles. The molecule has 1 N–H and O–H groups in total. The van der Waals surface area contributed by atoms with Gasteiger partial charge in [0.15, 0.2) is 0 Å². The van der Waals surface area contributed by atoms with Crippen LogP contribution in [-0.2, 0) is 5.75 Å². The zero-order chi connectivity index (χ0) is 16.8. The van der Waals surface area contributed by atoms with E-state index in [0.717, 1.165) is 11.3 Å². The molecule has 7 heteroatoms. The van der Waals surface area contributed by atoms with Crippen LogP contribution >= 0.6 is 11.8 Å². The fraction of sp³-hybridized carbons (Fsp3) is 0.188. The first-order valence-electron chi connectivity index (χ1n) is 6.82. The Labute approximate surface area is 138 Å². The fourth-order valence-electron chi connectivity index (χ4n) is 2.05. The fourth-order valence-corrected chi connectivity index (χ4v) is 3.04. The van der Waals surface area contributed by atoms with Crippen LogP contribution in [0.4, 0.5) is 5.69 Å². The van der Waals surface area contributed by atoms with E-state index in [1.165, 1.54) is 24.9 Å². The third-order valence-electron chi connectivity index (χ3n) is 3.22. The van der Waals surface area contributed by atoms with Crippen molar-refractivity contribution in [2.24, 2.45) is 0 Å². The predicted octanol–water partition coefficient (Wildman–Crippen LogP) is 3.26. The highest BCUT2D eigenvalue weighted by atomic mass is 32.2. The van der Waals surface area contributed by atoms with Gasteiger partial charge in [-0.05, 0) is 18.2 Å². The quantitative estimate of drug-likeness (QED) is 0.499. The highest BCUT2D eigenvalue weighted by Gasteiger charge is 2.18. The van der Waals surface area contributed by atoms with Crippen molar-refractivity contribution >= 4 is 23.4 Å². The maximum absolute atomic E-state index is 11.6. The molecule has 0 aliphatic carbocycles. The van der Waals surface area contributed by atoms with Gasteiger partial charge in [-0.1, -0.05) is 18.2 Å². The van der Waals surface area contributed by atoms with E-state index in [0.29, 0.717) is 10.6 Å². The van der Waals surface area contributed by atoms with Crippen LogP contribution in [-0.4, -0.2) is 25.0 Å². The van der Waals surface area contributed by atoms with E-state index in [4.69, 9.17) is 4.74 Å². The Morgan fingerprint density at radius 1 is 1.30 bits per heavy atom. The first-order valence-corrected chi connectivity index (χ1v) is 7.80. The number of para-hydroxylation sites is 1. The molecular weight excluding hydrogens is 316 g/mol. The highest BCUT2D eigenvalue weighted by molar-refractivity contribution is 7.98. The van der Waals surface area contributed by atoms with E-state index < -0.39 is 4.92 Å². The highest BCUT2D eigenvalue weighted by Crippen LogP contribution is 2.34. The lowest BCUT2D eigenvalue weighted by atomic mass is 10.2. The Bertz CT molecular complexity index is 734. The molecule has 0 aliphatic heterocycles. The zero-order valence-corrected chi connectivity index (χ0v) is 13.6. The van der Waals surface area contributed by atoms with Gasteiger partial charge in [0.1, 0.15) is 5.75 Å². The molecule has 0 fully saturated rings. The number of carbonyl (C=O) groups excluding carboxylic acids is 1. The summed E-state index contributed by atoms with van der Waals surface area (Å²) in [6.07, 6.45) is 0. The summed E-state index contributed by atoms with van der Waals surface area (Å²) in [6, 6.07) is 12.0. The SMILES string of the molecule is CNC(=O)c1ccc(SCc2ccccc2OC)c([N+](=O)[O-])c1. The van der Waals surface area contributed by atoms with Crippen LogP contribution in [0.2, 0.25) is 0 Å². The summed E-state index contributed by atoms with van der Waals surface area (Å²) < 4.78 is 5.28. The number of benzene rings is 2. The number of nitrogens with zero attached hydrogens (tertiary/aromatic N) is 1. The number of nitrogens with one attached hydrogen (secondary N) is 1. The third-order valence-corrected chi connectivity index (χ3v) is 4.33. The van der Waals surface area contributed by atoms with Crippen molar-refractivity contribution in [1.82, 2.24) is 5.32 Å². The second-order valence-electron chi connectivity index (χ2n) is 4.62. The van der Waals surface area contributed by atoms with Gasteiger partial charge in [0, 0.05) is 30.0 Å². The molecule has 2 aromatic carbocycles. The summed E-state index contributed by atoms with van der Waals surface area (Å²) in [4.78, 5) is 22.9. The van der Waals surface area contributed by atoms with Crippen molar-refractivity contribution in [3.63, 3.8) is 0 Å². The summed E-state index contributed by atoms with van der Waals surface area (Å²) in [5.41, 5.74) is 1.14. The van der Waals surface area contributed by atoms with Gasteiger partial charge in [-0.25, -0.2) is 0 Å². The molecule has 0 unspecified atom stereocenters. The lowest BCUT2D eigenvalue weighted by Gasteiger charge is -2.08. The standard InChI is InChI=1S/C16H16N2O4S/c1-17-16(19)11-7-8-15(13(9-11)18(20)21)23-10-12-5-3-4-6-14(12)22-2/h3-9H,10H2,1-2H3,(H,17,19). The summed E-state index contributed by atoms with van der Waals surface area (Å²) in [7, 11) is 3.07. The van der Waals surface area contributed by atoms with Crippen molar-refractivity contribution < 1.29 is 14.5 Å². The van der Waals surface area contributed by atoms with Gasteiger partial charge in [0.05, 0.1) is 16.9 Å². The third kappa shape index (κ3) is 4.01. The van der Waals surface area contributed by atoms with Crippen molar-refractivity contribution in [1.29, 1.82) is 0 Å². The largest absolute Gasteiger partial charge is 0.496 e. The van der Waals surface area contributed by atoms with Gasteiger partial charge in [-0.3, -0.25) is 14.9 Å². The van der Waals surface area contributed by atoms with Crippen LogP contribution in [0.3, 0.4) is 0 Å². The minimum Gasteiger partial charge on any atom is -0.496 e. The minimum atomic E-state index is -0.475. The summed E-state index contributed by atoms with van der Waals surface area (Å²) in [6.45, 7) is 0. The predicted molar refractivity (Wildman–Crippen MR) is 89.0 cm³/mol. The maximum Gasteiger partial charge on any atom is 0.283 e. The van der Waals surface area contributed by atoms with Gasteiger partial charge < -0.3 is 10.1 Å². The van der Waals surface area contributed by atoms with E-state index >= 15 is 0 Å². The average Bonchev–Trinajstić information content (AvgIpc) is 2.59. The van der Waals surface area contributed by atoms with Crippen LogP contribution in [0.25, 0.3) is 0 Å². The molecule has 6 nitrogen and oxygen atoms in total. The number of nitro groups is 1. The smallest absolute Gasteiger partial charge is 0.283 e. The van der Waals surface area contributed by atoms with E-state index in [9.17, 15) is 14.9 Å². The zero-order valence-electron chi connectivity index (χ0n) is 12.7. The van der Waals surface area contributed by atoms with E-state index in [1.54, 1.807) is 19.2 Å². The summed E-state index contributed by atoms with van der Waals surface area (Å²) >= 11 is 1.33. The number of nitro benzene ring substituents is 1. The lowest BCUT2D eigenvalue weighted by molar-refractivity contribution is -0.387. The van der Waals surface area contributed by atoms with Gasteiger partial charge in [-0.2, -0.15) is 0 Å². The summed E-state index contributed by atoms with van der Waals surface area (Å²) in [5, 5.41) is 13.7. The molecule has 2 rings (SSSR count). The van der Waals surface area contributed by atoms with Gasteiger partial charge in [0.2, 0.25) is 0 Å². The van der Waals surface area contributed by atoms with Crippen LogP contribution in [0.5, 0.6) is 5.75 Å². The van der Waals surface area contributed by atoms with Crippen LogP contribution < -0.4 is 10.1 Å². The second kappa shape index (κ2) is 7.64. The molecule has 2 aromatic rings. The van der Waals surface area contributed by atoms with Gasteiger partial charge in [-0.15, -0.1) is 11.8 Å². The van der Waals surface area contributed by atoms with Crippen molar-refractivity contribution in [3.05, 3.63) is 63.7 Å². The Kier molecular flexibility index (Phi) is 5.59. The molecular formula is C16H16N2O4S. The first-order chi connectivity index (χ1) is 11.1. The molecule has 23 heavy (non-hydrogen) atoms. The summed E-state index contributed by atoms with van der Waals surface area (Å²) in [5.74, 6) is 0.920. The number of hydrogen-bond donors (Lipinski definition) is 1. The number of amides is 1. The molecule has 120 valence electrons. The van der Waals surface area contributed by atoms with E-state index in [-0.39, 0.29) is 17.2 Å². The maximum atomic E-state index is 11.6. The first kappa shape index (κ1) is 16.8. The number of ether oxygens (including phenoxy) is 1. The van der Waals surface area contributed by atoms with Crippen molar-refractivity contribution in [3.8, 4) is 5.75 Å². The Hall–Kier alpha value is -2.54. The molecule has 0 bridgehead atoms. The van der Waals surface area contributed by atoms with Crippen LogP contribution in [0, 0.1) is 10.1 Å². The molecule has 0 heterocycles. The normalized spacial score (nSPS) is 10.2. The molecule has 1 amide bonds. The molecule has 0 atom stereocenters. The number of thioether (sulfide) groups is 1. The Morgan fingerprint density at radius 2 is 2.04 bits per heavy atom. The second-order valence-corrected chi connectivity index (χ2v) is 5.64. The van der Waals surface area contributed by atoms with Crippen LogP contribution in [0.15, 0.2) is 47.4 Å². The van der Waals surface area contributed by atoms with Crippen molar-refractivity contribution in [2.45, 2.75) is 10.6 Å². The Morgan fingerprint density at radius 3 is 2.70 bits per heavy atom. The Balaban J connectivity index is 2.25. The lowest BCUT2D eigenvalue weighted by Crippen LogP contribution is -2.17.